The molecule has 11 nitrogen and oxygen atoms in total. The van der Waals surface area contributed by atoms with Crippen molar-refractivity contribution in [3.05, 3.63) is 90.4 Å². The third kappa shape index (κ3) is 8.69. The maximum absolute atomic E-state index is 15.1. The van der Waals surface area contributed by atoms with E-state index in [0.29, 0.717) is 35.5 Å². The number of hydrogen-bond acceptors (Lipinski definition) is 10. The van der Waals surface area contributed by atoms with E-state index in [2.05, 4.69) is 38.9 Å². The minimum atomic E-state index is -0.686. The van der Waals surface area contributed by atoms with E-state index in [4.69, 9.17) is 18.9 Å². The first-order valence-electron chi connectivity index (χ1n) is 16.0. The number of anilines is 4. The number of nitrogens with one attached hydrogen (secondary N) is 1. The summed E-state index contributed by atoms with van der Waals surface area (Å²) in [5, 5.41) is 3.03. The second-order valence-electron chi connectivity index (χ2n) is 11.6. The van der Waals surface area contributed by atoms with E-state index in [9.17, 15) is 4.79 Å². The molecule has 0 aliphatic carbocycles. The third-order valence-electron chi connectivity index (χ3n) is 8.22. The smallest absolute Gasteiger partial charge is 0.420 e. The molecule has 0 saturated carbocycles. The molecule has 0 radical (unpaired) electrons. The Morgan fingerprint density at radius 2 is 1.71 bits per heavy atom. The van der Waals surface area contributed by atoms with Gasteiger partial charge in [0.2, 0.25) is 5.95 Å². The van der Waals surface area contributed by atoms with E-state index in [1.165, 1.54) is 24.3 Å². The van der Waals surface area contributed by atoms with E-state index in [-0.39, 0.29) is 17.5 Å². The van der Waals surface area contributed by atoms with Crippen LogP contribution in [-0.4, -0.2) is 85.5 Å². The normalized spacial score (nSPS) is 14.3. The first-order valence-corrected chi connectivity index (χ1v) is 16.0. The molecule has 48 heavy (non-hydrogen) atoms. The Hall–Kier alpha value is -4.94. The number of hydrogen-bond donors (Lipinski definition) is 1. The summed E-state index contributed by atoms with van der Waals surface area (Å²) in [6, 6.07) is 21.2. The fraction of sp³-hybridized carbons (Fsp3) is 0.361. The summed E-state index contributed by atoms with van der Waals surface area (Å²) in [6.45, 7) is 11.3. The van der Waals surface area contributed by atoms with E-state index in [1.807, 2.05) is 30.3 Å². The van der Waals surface area contributed by atoms with Gasteiger partial charge in [-0.05, 0) is 50.6 Å². The van der Waals surface area contributed by atoms with Crippen LogP contribution in [0.25, 0.3) is 0 Å². The SMILES string of the molecule is COc1ccc(N(C(=O)OC(C)c2ccccc2)c2ccnc(Nc3ccc(OCCN4CCN(C(C)C)CC4)c(F)c3)n2)c(OC)c1. The molecule has 0 bridgehead atoms. The Labute approximate surface area is 281 Å². The van der Waals surface area contributed by atoms with E-state index in [1.54, 1.807) is 50.4 Å². The molecule has 1 saturated heterocycles. The molecule has 3 aromatic carbocycles. The molecule has 1 aliphatic heterocycles. The lowest BCUT2D eigenvalue weighted by atomic mass is 10.1. The Kier molecular flexibility index (Phi) is 11.6. The van der Waals surface area contributed by atoms with Crippen LogP contribution in [0.15, 0.2) is 79.0 Å². The van der Waals surface area contributed by atoms with Crippen molar-refractivity contribution < 1.29 is 28.1 Å². The molecule has 1 fully saturated rings. The van der Waals surface area contributed by atoms with Crippen molar-refractivity contribution in [1.29, 1.82) is 0 Å². The van der Waals surface area contributed by atoms with Gasteiger partial charge in [-0.3, -0.25) is 9.80 Å². The third-order valence-corrected chi connectivity index (χ3v) is 8.22. The molecule has 254 valence electrons. The van der Waals surface area contributed by atoms with E-state index in [0.717, 1.165) is 38.3 Å². The second kappa shape index (κ2) is 16.2. The van der Waals surface area contributed by atoms with Gasteiger partial charge < -0.3 is 24.3 Å². The monoisotopic (exact) mass is 658 g/mol. The van der Waals surface area contributed by atoms with Gasteiger partial charge in [-0.2, -0.15) is 4.98 Å². The number of rotatable bonds is 13. The summed E-state index contributed by atoms with van der Waals surface area (Å²) in [5.41, 5.74) is 1.62. The first kappa shape index (κ1) is 34.4. The molecule has 12 heteroatoms. The summed E-state index contributed by atoms with van der Waals surface area (Å²) in [5.74, 6) is 0.916. The maximum atomic E-state index is 15.1. The van der Waals surface area contributed by atoms with Gasteiger partial charge >= 0.3 is 6.09 Å². The van der Waals surface area contributed by atoms with Crippen molar-refractivity contribution in [2.24, 2.45) is 0 Å². The lowest BCUT2D eigenvalue weighted by molar-refractivity contribution is 0.0965. The largest absolute Gasteiger partial charge is 0.497 e. The van der Waals surface area contributed by atoms with Crippen molar-refractivity contribution in [3.8, 4) is 17.2 Å². The van der Waals surface area contributed by atoms with Gasteiger partial charge in [0.1, 0.15) is 30.0 Å². The Morgan fingerprint density at radius 3 is 2.40 bits per heavy atom. The lowest BCUT2D eigenvalue weighted by Gasteiger charge is -2.36. The minimum Gasteiger partial charge on any atom is -0.497 e. The Morgan fingerprint density at radius 1 is 0.938 bits per heavy atom. The zero-order valence-corrected chi connectivity index (χ0v) is 28.1. The van der Waals surface area contributed by atoms with E-state index >= 15 is 4.39 Å². The molecular formula is C36H43FN6O5. The van der Waals surface area contributed by atoms with Crippen LogP contribution >= 0.6 is 0 Å². The number of amides is 1. The number of piperazine rings is 1. The predicted octanol–water partition coefficient (Wildman–Crippen LogP) is 6.82. The second-order valence-corrected chi connectivity index (χ2v) is 11.6. The zero-order valence-electron chi connectivity index (χ0n) is 28.1. The highest BCUT2D eigenvalue weighted by molar-refractivity contribution is 5.97. The molecule has 0 spiro atoms. The summed E-state index contributed by atoms with van der Waals surface area (Å²) >= 11 is 0. The van der Waals surface area contributed by atoms with Gasteiger partial charge in [0.15, 0.2) is 11.6 Å². The van der Waals surface area contributed by atoms with Gasteiger partial charge in [0.25, 0.3) is 0 Å². The standard InChI is InChI=1S/C36H43FN6O5/c1-25(2)42-19-17-41(18-20-42)21-22-47-32-14-11-28(23-30(32)37)39-35-38-16-15-34(40-35)43(31-13-12-29(45-4)24-33(31)46-5)36(44)48-26(3)27-9-7-6-8-10-27/h6-16,23-26H,17-22H2,1-5H3,(H,38,39,40). The van der Waals surface area contributed by atoms with Crippen LogP contribution in [0.1, 0.15) is 32.4 Å². The van der Waals surface area contributed by atoms with Gasteiger partial charge in [-0.15, -0.1) is 0 Å². The summed E-state index contributed by atoms with van der Waals surface area (Å²) in [4.78, 5) is 28.8. The van der Waals surface area contributed by atoms with Crippen molar-refractivity contribution in [3.63, 3.8) is 0 Å². The topological polar surface area (TPSA) is 102 Å². The van der Waals surface area contributed by atoms with Crippen molar-refractivity contribution in [2.45, 2.75) is 32.9 Å². The quantitative estimate of drug-likeness (QED) is 0.165. The van der Waals surface area contributed by atoms with Gasteiger partial charge in [0.05, 0.1) is 19.9 Å². The average Bonchev–Trinajstić information content (AvgIpc) is 3.10. The number of methoxy groups -OCH3 is 2. The van der Waals surface area contributed by atoms with Crippen LogP contribution in [0.3, 0.4) is 0 Å². The predicted molar refractivity (Wildman–Crippen MR) is 183 cm³/mol. The molecule has 1 amide bonds. The zero-order chi connectivity index (χ0) is 34.0. The van der Waals surface area contributed by atoms with Crippen molar-refractivity contribution >= 4 is 29.2 Å². The highest BCUT2D eigenvalue weighted by Gasteiger charge is 2.27. The Bertz CT molecular complexity index is 1650. The maximum Gasteiger partial charge on any atom is 0.420 e. The molecule has 1 N–H and O–H groups in total. The number of benzene rings is 3. The highest BCUT2D eigenvalue weighted by atomic mass is 19.1. The number of aromatic nitrogens is 2. The van der Waals surface area contributed by atoms with Crippen LogP contribution in [0.5, 0.6) is 17.2 Å². The van der Waals surface area contributed by atoms with Crippen molar-refractivity contribution in [1.82, 2.24) is 19.8 Å². The molecule has 1 unspecified atom stereocenters. The van der Waals surface area contributed by atoms with Crippen LogP contribution in [0.2, 0.25) is 0 Å². The highest BCUT2D eigenvalue weighted by Crippen LogP contribution is 2.37. The molecule has 1 aromatic heterocycles. The van der Waals surface area contributed by atoms with Gasteiger partial charge in [-0.25, -0.2) is 19.1 Å². The fourth-order valence-corrected chi connectivity index (χ4v) is 5.43. The molecule has 1 atom stereocenters. The Balaban J connectivity index is 1.30. The molecule has 4 aromatic rings. The van der Waals surface area contributed by atoms with Crippen LogP contribution in [0, 0.1) is 5.82 Å². The summed E-state index contributed by atoms with van der Waals surface area (Å²) < 4.78 is 37.7. The van der Waals surface area contributed by atoms with Crippen molar-refractivity contribution in [2.75, 3.05) is 63.8 Å². The lowest BCUT2D eigenvalue weighted by Crippen LogP contribution is -2.49. The average molecular weight is 659 g/mol. The number of halogens is 1. The van der Waals surface area contributed by atoms with Crippen LogP contribution in [-0.2, 0) is 4.74 Å². The number of carbonyl (C=O) groups is 1. The molecular weight excluding hydrogens is 615 g/mol. The molecule has 5 rings (SSSR count). The minimum absolute atomic E-state index is 0.141. The number of ether oxygens (including phenoxy) is 4. The molecule has 1 aliphatic rings. The van der Waals surface area contributed by atoms with Crippen LogP contribution in [0.4, 0.5) is 32.3 Å². The molecule has 2 heterocycles. The summed E-state index contributed by atoms with van der Waals surface area (Å²) in [6.07, 6.45) is 0.258. The van der Waals surface area contributed by atoms with Gasteiger partial charge in [0, 0.05) is 68.8 Å². The summed E-state index contributed by atoms with van der Waals surface area (Å²) in [7, 11) is 3.04. The number of carbonyl (C=O) groups excluding carboxylic acids is 1. The fourth-order valence-electron chi connectivity index (χ4n) is 5.43. The van der Waals surface area contributed by atoms with Gasteiger partial charge in [-0.1, -0.05) is 30.3 Å². The van der Waals surface area contributed by atoms with Crippen LogP contribution < -0.4 is 24.4 Å². The van der Waals surface area contributed by atoms with E-state index < -0.39 is 18.0 Å². The first-order chi connectivity index (χ1) is 23.2. The number of nitrogens with zero attached hydrogens (tertiary/aromatic N) is 5.